The lowest BCUT2D eigenvalue weighted by Gasteiger charge is -2.17. The first-order valence-electron chi connectivity index (χ1n) is 5.66. The first-order valence-corrected chi connectivity index (χ1v) is 6.74. The van der Waals surface area contributed by atoms with Crippen LogP contribution >= 0.6 is 35.0 Å². The molecule has 1 aliphatic rings. The van der Waals surface area contributed by atoms with Gasteiger partial charge in [-0.3, -0.25) is 4.79 Å². The van der Waals surface area contributed by atoms with Gasteiger partial charge in [0.1, 0.15) is 0 Å². The van der Waals surface area contributed by atoms with E-state index in [0.717, 1.165) is 18.6 Å². The molecule has 0 bridgehead atoms. The first-order chi connectivity index (χ1) is 8.52. The van der Waals surface area contributed by atoms with Gasteiger partial charge >= 0.3 is 0 Å². The molecule has 0 aliphatic carbocycles. The highest BCUT2D eigenvalue weighted by atomic mass is 127. The van der Waals surface area contributed by atoms with Gasteiger partial charge in [0.15, 0.2) is 11.6 Å². The number of amides is 1. The number of benzene rings is 1. The fourth-order valence-electron chi connectivity index (χ4n) is 2.07. The SMILES string of the molecule is Cl.NCC1CCN(C(=O)c2cc(F)c(F)cc2I)C1. The summed E-state index contributed by atoms with van der Waals surface area (Å²) in [7, 11) is 0. The lowest BCUT2D eigenvalue weighted by atomic mass is 10.1. The van der Waals surface area contributed by atoms with Crippen LogP contribution in [-0.2, 0) is 0 Å². The molecular formula is C12H14ClF2IN2O. The van der Waals surface area contributed by atoms with Crippen LogP contribution < -0.4 is 5.73 Å². The summed E-state index contributed by atoms with van der Waals surface area (Å²) in [5.74, 6) is -1.88. The fourth-order valence-corrected chi connectivity index (χ4v) is 2.73. The van der Waals surface area contributed by atoms with E-state index >= 15 is 0 Å². The van der Waals surface area contributed by atoms with E-state index in [-0.39, 0.29) is 23.9 Å². The van der Waals surface area contributed by atoms with Crippen molar-refractivity contribution in [2.75, 3.05) is 19.6 Å². The first kappa shape index (κ1) is 16.6. The van der Waals surface area contributed by atoms with Crippen LogP contribution in [0.3, 0.4) is 0 Å². The monoisotopic (exact) mass is 402 g/mol. The maximum atomic E-state index is 13.2. The van der Waals surface area contributed by atoms with Crippen molar-refractivity contribution in [3.05, 3.63) is 32.9 Å². The maximum absolute atomic E-state index is 13.2. The highest BCUT2D eigenvalue weighted by Gasteiger charge is 2.27. The number of nitrogens with two attached hydrogens (primary N) is 1. The third-order valence-corrected chi connectivity index (χ3v) is 4.04. The minimum absolute atomic E-state index is 0. The molecule has 0 radical (unpaired) electrons. The Labute approximate surface area is 130 Å². The summed E-state index contributed by atoms with van der Waals surface area (Å²) in [4.78, 5) is 13.8. The van der Waals surface area contributed by atoms with Crippen LogP contribution in [-0.4, -0.2) is 30.4 Å². The van der Waals surface area contributed by atoms with Crippen molar-refractivity contribution in [3.8, 4) is 0 Å². The number of hydrogen-bond acceptors (Lipinski definition) is 2. The summed E-state index contributed by atoms with van der Waals surface area (Å²) in [5.41, 5.74) is 5.77. The molecule has 1 fully saturated rings. The third kappa shape index (κ3) is 3.55. The second kappa shape index (κ2) is 6.81. The molecule has 2 rings (SSSR count). The molecule has 0 saturated carbocycles. The minimum atomic E-state index is -0.992. The second-order valence-electron chi connectivity index (χ2n) is 4.39. The molecule has 1 atom stereocenters. The van der Waals surface area contributed by atoms with Gasteiger partial charge in [0.05, 0.1) is 5.56 Å². The van der Waals surface area contributed by atoms with Gasteiger partial charge in [0, 0.05) is 16.7 Å². The molecule has 1 aliphatic heterocycles. The predicted octanol–water partition coefficient (Wildman–Crippen LogP) is 2.41. The Kier molecular flexibility index (Phi) is 5.94. The van der Waals surface area contributed by atoms with Crippen LogP contribution in [0.5, 0.6) is 0 Å². The Balaban J connectivity index is 0.00000180. The molecule has 1 heterocycles. The van der Waals surface area contributed by atoms with Gasteiger partial charge in [0.25, 0.3) is 5.91 Å². The number of rotatable bonds is 2. The molecule has 7 heteroatoms. The quantitative estimate of drug-likeness (QED) is 0.610. The molecule has 0 aromatic heterocycles. The van der Waals surface area contributed by atoms with E-state index in [9.17, 15) is 13.6 Å². The molecule has 1 amide bonds. The summed E-state index contributed by atoms with van der Waals surface area (Å²) >= 11 is 1.84. The van der Waals surface area contributed by atoms with Gasteiger partial charge in [-0.15, -0.1) is 12.4 Å². The van der Waals surface area contributed by atoms with Crippen LogP contribution in [0.4, 0.5) is 8.78 Å². The number of carbonyl (C=O) groups is 1. The van der Waals surface area contributed by atoms with E-state index in [2.05, 4.69) is 0 Å². The summed E-state index contributed by atoms with van der Waals surface area (Å²) in [6.07, 6.45) is 0.864. The highest BCUT2D eigenvalue weighted by Crippen LogP contribution is 2.22. The Bertz CT molecular complexity index is 487. The molecule has 1 saturated heterocycles. The molecule has 3 nitrogen and oxygen atoms in total. The number of halogens is 4. The van der Waals surface area contributed by atoms with Crippen molar-refractivity contribution in [3.63, 3.8) is 0 Å². The third-order valence-electron chi connectivity index (χ3n) is 3.15. The standard InChI is InChI=1S/C12H13F2IN2O.ClH/c13-9-3-8(11(15)4-10(9)14)12(18)17-2-1-7(5-16)6-17;/h3-4,7H,1-2,5-6,16H2;1H. The van der Waals surface area contributed by atoms with Crippen LogP contribution in [0, 0.1) is 21.1 Å². The van der Waals surface area contributed by atoms with E-state index in [1.54, 1.807) is 4.90 Å². The van der Waals surface area contributed by atoms with Gasteiger partial charge < -0.3 is 10.6 Å². The Hall–Kier alpha value is -0.470. The van der Waals surface area contributed by atoms with Crippen molar-refractivity contribution < 1.29 is 13.6 Å². The van der Waals surface area contributed by atoms with E-state index in [1.807, 2.05) is 22.6 Å². The Morgan fingerprint density at radius 3 is 2.63 bits per heavy atom. The maximum Gasteiger partial charge on any atom is 0.255 e. The van der Waals surface area contributed by atoms with Gasteiger partial charge in [-0.05, 0) is 53.6 Å². The Morgan fingerprint density at radius 2 is 2.05 bits per heavy atom. The van der Waals surface area contributed by atoms with Crippen LogP contribution in [0.1, 0.15) is 16.8 Å². The lowest BCUT2D eigenvalue weighted by molar-refractivity contribution is 0.0786. The summed E-state index contributed by atoms with van der Waals surface area (Å²) in [6, 6.07) is 2.01. The topological polar surface area (TPSA) is 46.3 Å². The zero-order valence-electron chi connectivity index (χ0n) is 10.0. The van der Waals surface area contributed by atoms with Gasteiger partial charge in [0.2, 0.25) is 0 Å². The summed E-state index contributed by atoms with van der Waals surface area (Å²) in [6.45, 7) is 1.75. The number of hydrogen-bond donors (Lipinski definition) is 1. The normalized spacial score (nSPS) is 18.3. The largest absolute Gasteiger partial charge is 0.338 e. The van der Waals surface area contributed by atoms with Crippen LogP contribution in [0.2, 0.25) is 0 Å². The molecule has 2 N–H and O–H groups in total. The average Bonchev–Trinajstić information content (AvgIpc) is 2.81. The van der Waals surface area contributed by atoms with Crippen LogP contribution in [0.25, 0.3) is 0 Å². The zero-order chi connectivity index (χ0) is 13.3. The second-order valence-corrected chi connectivity index (χ2v) is 5.55. The smallest absolute Gasteiger partial charge is 0.255 e. The van der Waals surface area contributed by atoms with E-state index in [0.29, 0.717) is 29.1 Å². The van der Waals surface area contributed by atoms with Crippen molar-refractivity contribution in [1.29, 1.82) is 0 Å². The van der Waals surface area contributed by atoms with Gasteiger partial charge in [-0.2, -0.15) is 0 Å². The van der Waals surface area contributed by atoms with Crippen LogP contribution in [0.15, 0.2) is 12.1 Å². The molecule has 19 heavy (non-hydrogen) atoms. The molecular weight excluding hydrogens is 388 g/mol. The van der Waals surface area contributed by atoms with Crippen molar-refractivity contribution in [2.24, 2.45) is 11.7 Å². The molecule has 0 spiro atoms. The average molecular weight is 403 g/mol. The van der Waals surface area contributed by atoms with Gasteiger partial charge in [-0.25, -0.2) is 8.78 Å². The highest BCUT2D eigenvalue weighted by molar-refractivity contribution is 14.1. The Morgan fingerprint density at radius 1 is 1.42 bits per heavy atom. The molecule has 106 valence electrons. The summed E-state index contributed by atoms with van der Waals surface area (Å²) in [5, 5.41) is 0. The fraction of sp³-hybridized carbons (Fsp3) is 0.417. The zero-order valence-corrected chi connectivity index (χ0v) is 13.0. The predicted molar refractivity (Wildman–Crippen MR) is 79.4 cm³/mol. The number of likely N-dealkylation sites (tertiary alicyclic amines) is 1. The van der Waals surface area contributed by atoms with Crippen molar-refractivity contribution in [2.45, 2.75) is 6.42 Å². The van der Waals surface area contributed by atoms with E-state index in [4.69, 9.17) is 5.73 Å². The van der Waals surface area contributed by atoms with E-state index in [1.165, 1.54) is 0 Å². The molecule has 1 unspecified atom stereocenters. The van der Waals surface area contributed by atoms with Crippen molar-refractivity contribution >= 4 is 40.9 Å². The van der Waals surface area contributed by atoms with Crippen molar-refractivity contribution in [1.82, 2.24) is 4.90 Å². The minimum Gasteiger partial charge on any atom is -0.338 e. The lowest BCUT2D eigenvalue weighted by Crippen LogP contribution is -2.30. The van der Waals surface area contributed by atoms with Gasteiger partial charge in [-0.1, -0.05) is 0 Å². The molecule has 1 aromatic carbocycles. The number of carbonyl (C=O) groups excluding carboxylic acids is 1. The molecule has 1 aromatic rings. The summed E-state index contributed by atoms with van der Waals surface area (Å²) < 4.78 is 26.6. The number of nitrogens with zero attached hydrogens (tertiary/aromatic N) is 1. The van der Waals surface area contributed by atoms with E-state index < -0.39 is 11.6 Å².